The minimum absolute atomic E-state index is 0.154. The Morgan fingerprint density at radius 2 is 2.00 bits per heavy atom. The summed E-state index contributed by atoms with van der Waals surface area (Å²) in [4.78, 5) is 5.67. The molecule has 2 heterocycles. The number of benzene rings is 1. The summed E-state index contributed by atoms with van der Waals surface area (Å²) in [5.74, 6) is 0.964. The van der Waals surface area contributed by atoms with Gasteiger partial charge in [0.05, 0.1) is 12.1 Å². The summed E-state index contributed by atoms with van der Waals surface area (Å²) in [6.45, 7) is 6.34. The number of hydrogen-bond donors (Lipinski definition) is 1. The highest BCUT2D eigenvalue weighted by molar-refractivity contribution is 7.11. The number of furan rings is 1. The molecule has 104 valence electrons. The Morgan fingerprint density at radius 1 is 1.20 bits per heavy atom. The number of fused-ring (bicyclic) bond motifs is 1. The van der Waals surface area contributed by atoms with Gasteiger partial charge in [-0.15, -0.1) is 11.3 Å². The summed E-state index contributed by atoms with van der Waals surface area (Å²) in [6, 6.07) is 10.6. The standard InChI is InChI=1S/C16H18N2OS/c1-10-9-17-16(20-10)12(3)18-11(2)15-8-13-6-4-5-7-14(13)19-15/h4-9,11-12,18H,1-3H3/t11-,12+/m1/s1. The van der Waals surface area contributed by atoms with Gasteiger partial charge in [-0.3, -0.25) is 5.32 Å². The molecule has 1 aromatic carbocycles. The minimum atomic E-state index is 0.154. The number of rotatable bonds is 4. The molecule has 0 bridgehead atoms. The number of nitrogens with zero attached hydrogens (tertiary/aromatic N) is 1. The van der Waals surface area contributed by atoms with Gasteiger partial charge in [-0.2, -0.15) is 0 Å². The molecule has 20 heavy (non-hydrogen) atoms. The van der Waals surface area contributed by atoms with Crippen LogP contribution < -0.4 is 5.32 Å². The molecule has 0 saturated carbocycles. The molecule has 0 fully saturated rings. The van der Waals surface area contributed by atoms with Crippen molar-refractivity contribution in [1.82, 2.24) is 10.3 Å². The number of nitrogens with one attached hydrogen (secondary N) is 1. The Morgan fingerprint density at radius 3 is 2.70 bits per heavy atom. The molecule has 3 nitrogen and oxygen atoms in total. The van der Waals surface area contributed by atoms with E-state index in [1.54, 1.807) is 11.3 Å². The van der Waals surface area contributed by atoms with Gasteiger partial charge in [0.15, 0.2) is 0 Å². The SMILES string of the molecule is Cc1cnc([C@H](C)N[C@H](C)c2cc3ccccc3o2)s1. The highest BCUT2D eigenvalue weighted by Gasteiger charge is 2.16. The van der Waals surface area contributed by atoms with Gasteiger partial charge in [-0.1, -0.05) is 18.2 Å². The molecule has 3 rings (SSSR count). The van der Waals surface area contributed by atoms with Crippen LogP contribution >= 0.6 is 11.3 Å². The van der Waals surface area contributed by atoms with Crippen molar-refractivity contribution in [3.63, 3.8) is 0 Å². The molecule has 2 aromatic heterocycles. The Labute approximate surface area is 122 Å². The van der Waals surface area contributed by atoms with Crippen LogP contribution in [0.4, 0.5) is 0 Å². The first-order chi connectivity index (χ1) is 9.63. The number of aryl methyl sites for hydroxylation is 1. The Kier molecular flexibility index (Phi) is 3.59. The summed E-state index contributed by atoms with van der Waals surface area (Å²) in [7, 11) is 0. The first-order valence-electron chi connectivity index (χ1n) is 6.80. The Hall–Kier alpha value is -1.65. The lowest BCUT2D eigenvalue weighted by Gasteiger charge is -2.16. The first-order valence-corrected chi connectivity index (χ1v) is 7.62. The van der Waals surface area contributed by atoms with Crippen molar-refractivity contribution in [1.29, 1.82) is 0 Å². The molecule has 2 atom stereocenters. The Balaban J connectivity index is 1.76. The maximum absolute atomic E-state index is 5.89. The largest absolute Gasteiger partial charge is 0.459 e. The van der Waals surface area contributed by atoms with E-state index in [0.29, 0.717) is 0 Å². The Bertz CT molecular complexity index is 683. The zero-order chi connectivity index (χ0) is 14.1. The normalized spacial score (nSPS) is 14.6. The van der Waals surface area contributed by atoms with Crippen molar-refractivity contribution in [2.24, 2.45) is 0 Å². The lowest BCUT2D eigenvalue weighted by molar-refractivity contribution is 0.416. The van der Waals surface area contributed by atoms with Crippen LogP contribution in [0, 0.1) is 6.92 Å². The number of hydrogen-bond acceptors (Lipinski definition) is 4. The van der Waals surface area contributed by atoms with Crippen molar-refractivity contribution in [2.45, 2.75) is 32.9 Å². The summed E-state index contributed by atoms with van der Waals surface area (Å²) < 4.78 is 5.89. The molecule has 0 radical (unpaired) electrons. The first kappa shape index (κ1) is 13.3. The van der Waals surface area contributed by atoms with Gasteiger partial charge in [0, 0.05) is 16.5 Å². The fourth-order valence-electron chi connectivity index (χ4n) is 2.32. The zero-order valence-electron chi connectivity index (χ0n) is 11.9. The molecule has 1 N–H and O–H groups in total. The third-order valence-electron chi connectivity index (χ3n) is 3.38. The van der Waals surface area contributed by atoms with Crippen molar-refractivity contribution in [3.8, 4) is 0 Å². The second-order valence-electron chi connectivity index (χ2n) is 5.11. The maximum atomic E-state index is 5.89. The van der Waals surface area contributed by atoms with E-state index in [1.807, 2.05) is 24.4 Å². The van der Waals surface area contributed by atoms with Crippen LogP contribution in [0.2, 0.25) is 0 Å². The van der Waals surface area contributed by atoms with Gasteiger partial charge in [0.2, 0.25) is 0 Å². The van der Waals surface area contributed by atoms with Crippen molar-refractivity contribution in [2.75, 3.05) is 0 Å². The average molecular weight is 286 g/mol. The van der Waals surface area contributed by atoms with Crippen LogP contribution in [-0.2, 0) is 0 Å². The molecular weight excluding hydrogens is 268 g/mol. The van der Waals surface area contributed by atoms with E-state index in [2.05, 4.69) is 43.2 Å². The number of aromatic nitrogens is 1. The fourth-order valence-corrected chi connectivity index (χ4v) is 3.10. The molecule has 0 amide bonds. The molecule has 0 aliphatic heterocycles. The van der Waals surface area contributed by atoms with E-state index in [-0.39, 0.29) is 12.1 Å². The lowest BCUT2D eigenvalue weighted by Crippen LogP contribution is -2.21. The smallest absolute Gasteiger partial charge is 0.134 e. The van der Waals surface area contributed by atoms with Crippen LogP contribution in [0.15, 0.2) is 40.9 Å². The van der Waals surface area contributed by atoms with Crippen LogP contribution in [0.3, 0.4) is 0 Å². The van der Waals surface area contributed by atoms with Crippen LogP contribution in [-0.4, -0.2) is 4.98 Å². The monoisotopic (exact) mass is 286 g/mol. The van der Waals surface area contributed by atoms with Crippen molar-refractivity contribution >= 4 is 22.3 Å². The molecule has 0 aliphatic rings. The number of thiazole rings is 1. The van der Waals surface area contributed by atoms with Gasteiger partial charge < -0.3 is 4.42 Å². The van der Waals surface area contributed by atoms with E-state index in [9.17, 15) is 0 Å². The topological polar surface area (TPSA) is 38.1 Å². The van der Waals surface area contributed by atoms with E-state index < -0.39 is 0 Å². The highest BCUT2D eigenvalue weighted by atomic mass is 32.1. The third-order valence-corrected chi connectivity index (χ3v) is 4.48. The fraction of sp³-hybridized carbons (Fsp3) is 0.312. The highest BCUT2D eigenvalue weighted by Crippen LogP contribution is 2.26. The maximum Gasteiger partial charge on any atom is 0.134 e. The molecule has 3 aromatic rings. The third kappa shape index (κ3) is 2.62. The minimum Gasteiger partial charge on any atom is -0.459 e. The molecule has 0 saturated heterocycles. The van der Waals surface area contributed by atoms with E-state index in [0.717, 1.165) is 21.7 Å². The summed E-state index contributed by atoms with van der Waals surface area (Å²) in [5.41, 5.74) is 0.939. The van der Waals surface area contributed by atoms with Crippen LogP contribution in [0.1, 0.15) is 41.6 Å². The van der Waals surface area contributed by atoms with Crippen LogP contribution in [0.5, 0.6) is 0 Å². The summed E-state index contributed by atoms with van der Waals surface area (Å²) >= 11 is 1.73. The lowest BCUT2D eigenvalue weighted by atomic mass is 10.2. The van der Waals surface area contributed by atoms with Crippen molar-refractivity contribution < 1.29 is 4.42 Å². The quantitative estimate of drug-likeness (QED) is 0.761. The predicted molar refractivity (Wildman–Crippen MR) is 83.0 cm³/mol. The van der Waals surface area contributed by atoms with Crippen LogP contribution in [0.25, 0.3) is 11.0 Å². The molecule has 0 spiro atoms. The molecular formula is C16H18N2OS. The van der Waals surface area contributed by atoms with Gasteiger partial charge in [-0.05, 0) is 32.9 Å². The molecule has 4 heteroatoms. The van der Waals surface area contributed by atoms with Gasteiger partial charge in [0.1, 0.15) is 16.4 Å². The summed E-state index contributed by atoms with van der Waals surface area (Å²) in [5, 5.41) is 5.80. The van der Waals surface area contributed by atoms with E-state index in [4.69, 9.17) is 4.42 Å². The zero-order valence-corrected chi connectivity index (χ0v) is 12.7. The van der Waals surface area contributed by atoms with Gasteiger partial charge >= 0.3 is 0 Å². The van der Waals surface area contributed by atoms with Gasteiger partial charge in [-0.25, -0.2) is 4.98 Å². The second kappa shape index (κ2) is 5.38. The second-order valence-corrected chi connectivity index (χ2v) is 6.37. The van der Waals surface area contributed by atoms with E-state index in [1.165, 1.54) is 4.88 Å². The molecule has 0 aliphatic carbocycles. The van der Waals surface area contributed by atoms with E-state index >= 15 is 0 Å². The summed E-state index contributed by atoms with van der Waals surface area (Å²) in [6.07, 6.45) is 1.92. The van der Waals surface area contributed by atoms with Gasteiger partial charge in [0.25, 0.3) is 0 Å². The average Bonchev–Trinajstić information content (AvgIpc) is 3.04. The molecule has 0 unspecified atom stereocenters. The number of para-hydroxylation sites is 1. The predicted octanol–water partition coefficient (Wildman–Crippen LogP) is 4.61. The van der Waals surface area contributed by atoms with Crippen molar-refractivity contribution in [3.05, 3.63) is 52.2 Å².